The Hall–Kier alpha value is -2.63. The topological polar surface area (TPSA) is 88.0 Å². The number of non-ortho nitro benzene ring substituents is 1. The van der Waals surface area contributed by atoms with Crippen LogP contribution >= 0.6 is 0 Å². The number of rotatable bonds is 4. The molecule has 1 aromatic carbocycles. The number of aromatic amines is 1. The summed E-state index contributed by atoms with van der Waals surface area (Å²) in [6.45, 7) is 0.416. The summed E-state index contributed by atoms with van der Waals surface area (Å²) < 4.78 is 0. The van der Waals surface area contributed by atoms with Gasteiger partial charge < -0.3 is 10.3 Å². The average Bonchev–Trinajstić information content (AvgIpc) is 2.89. The van der Waals surface area contributed by atoms with Crippen molar-refractivity contribution in [3.05, 3.63) is 64.0 Å². The van der Waals surface area contributed by atoms with Gasteiger partial charge in [0.25, 0.3) is 11.6 Å². The summed E-state index contributed by atoms with van der Waals surface area (Å²) >= 11 is 0. The molecule has 0 bridgehead atoms. The van der Waals surface area contributed by atoms with Gasteiger partial charge in [-0.3, -0.25) is 14.9 Å². The zero-order valence-corrected chi connectivity index (χ0v) is 9.42. The Labute approximate surface area is 103 Å². The van der Waals surface area contributed by atoms with E-state index in [-0.39, 0.29) is 11.6 Å². The molecule has 2 N–H and O–H groups in total. The standard InChI is InChI=1S/C12H11N3O3/c16-12(14-8-9-5-6-13-7-9)10-1-3-11(4-2-10)15(17)18/h1-7,13H,8H2,(H,14,16). The summed E-state index contributed by atoms with van der Waals surface area (Å²) in [6.07, 6.45) is 3.56. The summed E-state index contributed by atoms with van der Waals surface area (Å²) in [5.74, 6) is -0.258. The van der Waals surface area contributed by atoms with Gasteiger partial charge in [0.2, 0.25) is 0 Å². The first-order valence-corrected chi connectivity index (χ1v) is 5.31. The lowest BCUT2D eigenvalue weighted by molar-refractivity contribution is -0.384. The number of nitro groups is 1. The number of carbonyl (C=O) groups excluding carboxylic acids is 1. The highest BCUT2D eigenvalue weighted by molar-refractivity contribution is 5.94. The van der Waals surface area contributed by atoms with Crippen LogP contribution in [0.5, 0.6) is 0 Å². The first kappa shape index (κ1) is 11.8. The zero-order valence-electron chi connectivity index (χ0n) is 9.42. The third-order valence-electron chi connectivity index (χ3n) is 2.46. The molecule has 0 aliphatic heterocycles. The van der Waals surface area contributed by atoms with Gasteiger partial charge in [0.1, 0.15) is 0 Å². The lowest BCUT2D eigenvalue weighted by atomic mass is 10.2. The van der Waals surface area contributed by atoms with Crippen LogP contribution in [0.2, 0.25) is 0 Å². The Morgan fingerprint density at radius 1 is 1.28 bits per heavy atom. The van der Waals surface area contributed by atoms with E-state index in [0.29, 0.717) is 12.1 Å². The molecule has 1 heterocycles. The highest BCUT2D eigenvalue weighted by Crippen LogP contribution is 2.11. The molecule has 0 spiro atoms. The Morgan fingerprint density at radius 3 is 2.56 bits per heavy atom. The number of nitrogens with zero attached hydrogens (tertiary/aromatic N) is 1. The lowest BCUT2D eigenvalue weighted by Crippen LogP contribution is -2.22. The van der Waals surface area contributed by atoms with Crippen molar-refractivity contribution < 1.29 is 9.72 Å². The molecule has 0 radical (unpaired) electrons. The van der Waals surface area contributed by atoms with Crippen molar-refractivity contribution in [2.75, 3.05) is 0 Å². The van der Waals surface area contributed by atoms with E-state index in [1.54, 1.807) is 12.4 Å². The van der Waals surface area contributed by atoms with Crippen molar-refractivity contribution in [2.45, 2.75) is 6.54 Å². The number of hydrogen-bond donors (Lipinski definition) is 2. The van der Waals surface area contributed by atoms with Crippen molar-refractivity contribution in [1.29, 1.82) is 0 Å². The van der Waals surface area contributed by atoms with Gasteiger partial charge in [0.15, 0.2) is 0 Å². The first-order chi connectivity index (χ1) is 8.66. The van der Waals surface area contributed by atoms with Crippen LogP contribution in [0.25, 0.3) is 0 Å². The van der Waals surface area contributed by atoms with Gasteiger partial charge in [-0.1, -0.05) is 0 Å². The van der Waals surface area contributed by atoms with Crippen LogP contribution in [0.1, 0.15) is 15.9 Å². The number of hydrogen-bond acceptors (Lipinski definition) is 3. The molecule has 0 aliphatic rings. The molecule has 1 aromatic heterocycles. The summed E-state index contributed by atoms with van der Waals surface area (Å²) in [5.41, 5.74) is 1.33. The second-order valence-corrected chi connectivity index (χ2v) is 3.71. The van der Waals surface area contributed by atoms with E-state index in [9.17, 15) is 14.9 Å². The number of H-pyrrole nitrogens is 1. The van der Waals surface area contributed by atoms with Crippen LogP contribution < -0.4 is 5.32 Å². The number of nitrogens with one attached hydrogen (secondary N) is 2. The molecular formula is C12H11N3O3. The van der Waals surface area contributed by atoms with Crippen LogP contribution in [0.15, 0.2) is 42.7 Å². The van der Waals surface area contributed by atoms with Crippen LogP contribution in [0.4, 0.5) is 5.69 Å². The number of carbonyl (C=O) groups is 1. The summed E-state index contributed by atoms with van der Waals surface area (Å²) in [6, 6.07) is 7.35. The monoisotopic (exact) mass is 245 g/mol. The van der Waals surface area contributed by atoms with Gasteiger partial charge in [0.05, 0.1) is 4.92 Å². The Balaban J connectivity index is 1.98. The maximum atomic E-state index is 11.7. The van der Waals surface area contributed by atoms with E-state index in [0.717, 1.165) is 5.56 Å². The first-order valence-electron chi connectivity index (χ1n) is 5.31. The Bertz CT molecular complexity index is 546. The van der Waals surface area contributed by atoms with E-state index >= 15 is 0 Å². The summed E-state index contributed by atoms with van der Waals surface area (Å²) in [4.78, 5) is 24.6. The number of nitro benzene ring substituents is 1. The van der Waals surface area contributed by atoms with Crippen molar-refractivity contribution in [2.24, 2.45) is 0 Å². The third kappa shape index (κ3) is 2.73. The van der Waals surface area contributed by atoms with E-state index in [1.165, 1.54) is 24.3 Å². The molecule has 1 amide bonds. The molecule has 0 saturated carbocycles. The number of benzene rings is 1. The minimum atomic E-state index is -0.499. The molecule has 0 aliphatic carbocycles. The van der Waals surface area contributed by atoms with Crippen LogP contribution in [0.3, 0.4) is 0 Å². The zero-order chi connectivity index (χ0) is 13.0. The van der Waals surface area contributed by atoms with E-state index in [2.05, 4.69) is 10.3 Å². The van der Waals surface area contributed by atoms with Crippen LogP contribution in [-0.4, -0.2) is 15.8 Å². The smallest absolute Gasteiger partial charge is 0.269 e. The van der Waals surface area contributed by atoms with E-state index < -0.39 is 4.92 Å². The summed E-state index contributed by atoms with van der Waals surface area (Å²) in [5, 5.41) is 13.2. The van der Waals surface area contributed by atoms with E-state index in [1.807, 2.05) is 6.07 Å². The van der Waals surface area contributed by atoms with Crippen LogP contribution in [0, 0.1) is 10.1 Å². The molecule has 18 heavy (non-hydrogen) atoms. The Kier molecular flexibility index (Phi) is 3.38. The fourth-order valence-corrected chi connectivity index (χ4v) is 1.49. The van der Waals surface area contributed by atoms with Gasteiger partial charge in [-0.2, -0.15) is 0 Å². The maximum Gasteiger partial charge on any atom is 0.269 e. The van der Waals surface area contributed by atoms with Crippen molar-refractivity contribution in [3.8, 4) is 0 Å². The van der Waals surface area contributed by atoms with Gasteiger partial charge in [0, 0.05) is 36.6 Å². The average molecular weight is 245 g/mol. The molecule has 0 saturated heterocycles. The van der Waals surface area contributed by atoms with Gasteiger partial charge in [-0.15, -0.1) is 0 Å². The second kappa shape index (κ2) is 5.13. The normalized spacial score (nSPS) is 10.0. The highest BCUT2D eigenvalue weighted by atomic mass is 16.6. The number of amides is 1. The summed E-state index contributed by atoms with van der Waals surface area (Å²) in [7, 11) is 0. The molecular weight excluding hydrogens is 234 g/mol. The second-order valence-electron chi connectivity index (χ2n) is 3.71. The fourth-order valence-electron chi connectivity index (χ4n) is 1.49. The van der Waals surface area contributed by atoms with Gasteiger partial charge in [-0.25, -0.2) is 0 Å². The van der Waals surface area contributed by atoms with Crippen molar-refractivity contribution in [1.82, 2.24) is 10.3 Å². The largest absolute Gasteiger partial charge is 0.367 e. The minimum Gasteiger partial charge on any atom is -0.367 e. The van der Waals surface area contributed by atoms with Gasteiger partial charge in [-0.05, 0) is 23.8 Å². The molecule has 0 atom stereocenters. The molecule has 2 rings (SSSR count). The molecule has 6 heteroatoms. The highest BCUT2D eigenvalue weighted by Gasteiger charge is 2.08. The number of aromatic nitrogens is 1. The van der Waals surface area contributed by atoms with Crippen molar-refractivity contribution >= 4 is 11.6 Å². The SMILES string of the molecule is O=C(NCc1cc[nH]c1)c1ccc([N+](=O)[O-])cc1. The van der Waals surface area contributed by atoms with Crippen molar-refractivity contribution in [3.63, 3.8) is 0 Å². The third-order valence-corrected chi connectivity index (χ3v) is 2.46. The van der Waals surface area contributed by atoms with Gasteiger partial charge >= 0.3 is 0 Å². The molecule has 0 fully saturated rings. The molecule has 6 nitrogen and oxygen atoms in total. The Morgan fingerprint density at radius 2 is 2.00 bits per heavy atom. The maximum absolute atomic E-state index is 11.7. The lowest BCUT2D eigenvalue weighted by Gasteiger charge is -2.03. The van der Waals surface area contributed by atoms with E-state index in [4.69, 9.17) is 0 Å². The fraction of sp³-hybridized carbons (Fsp3) is 0.0833. The predicted molar refractivity (Wildman–Crippen MR) is 65.1 cm³/mol. The van der Waals surface area contributed by atoms with Crippen LogP contribution in [-0.2, 0) is 6.54 Å². The molecule has 2 aromatic rings. The predicted octanol–water partition coefficient (Wildman–Crippen LogP) is 1.85. The minimum absolute atomic E-state index is 0.0304. The quantitative estimate of drug-likeness (QED) is 0.636. The molecule has 0 unspecified atom stereocenters. The molecule has 92 valence electrons.